The lowest BCUT2D eigenvalue weighted by Gasteiger charge is -2.30. The average Bonchev–Trinajstić information content (AvgIpc) is 2.92. The van der Waals surface area contributed by atoms with Crippen LogP contribution in [-0.4, -0.2) is 62.7 Å². The van der Waals surface area contributed by atoms with E-state index in [9.17, 15) is 4.79 Å². The van der Waals surface area contributed by atoms with E-state index >= 15 is 0 Å². The lowest BCUT2D eigenvalue weighted by atomic mass is 9.89. The number of hydrogen-bond acceptors (Lipinski definition) is 3. The van der Waals surface area contributed by atoms with E-state index in [1.807, 2.05) is 18.7 Å². The maximum absolute atomic E-state index is 12.0. The number of carbonyl (C=O) groups excluding carboxylic acids is 1. The quantitative estimate of drug-likeness (QED) is 0.593. The van der Waals surface area contributed by atoms with E-state index in [2.05, 4.69) is 36.4 Å². The first-order valence-corrected chi connectivity index (χ1v) is 8.47. The molecule has 0 saturated carbocycles. The Bertz CT molecular complexity index is 415. The summed E-state index contributed by atoms with van der Waals surface area (Å²) in [5.74, 6) is 1.05. The van der Waals surface area contributed by atoms with Gasteiger partial charge in [-0.1, -0.05) is 34.6 Å². The van der Waals surface area contributed by atoms with Gasteiger partial charge in [-0.05, 0) is 11.8 Å². The van der Waals surface area contributed by atoms with Crippen LogP contribution in [0.3, 0.4) is 0 Å². The Labute approximate surface area is 141 Å². The predicted molar refractivity (Wildman–Crippen MR) is 94.6 cm³/mol. The summed E-state index contributed by atoms with van der Waals surface area (Å²) in [5, 5.41) is 6.74. The summed E-state index contributed by atoms with van der Waals surface area (Å²) in [6.07, 6.45) is 1.05. The van der Waals surface area contributed by atoms with Crippen molar-refractivity contribution in [2.75, 3.05) is 33.8 Å². The van der Waals surface area contributed by atoms with Gasteiger partial charge in [0.15, 0.2) is 5.96 Å². The molecule has 2 unspecified atom stereocenters. The fourth-order valence-corrected chi connectivity index (χ4v) is 2.76. The van der Waals surface area contributed by atoms with Crippen LogP contribution >= 0.6 is 0 Å². The third-order valence-corrected chi connectivity index (χ3v) is 4.26. The Kier molecular flexibility index (Phi) is 7.32. The normalized spacial score (nSPS) is 20.8. The Morgan fingerprint density at radius 1 is 1.39 bits per heavy atom. The van der Waals surface area contributed by atoms with Gasteiger partial charge in [0, 0.05) is 45.8 Å². The van der Waals surface area contributed by atoms with Crippen LogP contribution in [0.15, 0.2) is 4.99 Å². The molecule has 0 aromatic heterocycles. The number of rotatable bonds is 5. The first-order valence-electron chi connectivity index (χ1n) is 8.47. The molecule has 6 heteroatoms. The second kappa shape index (κ2) is 8.52. The van der Waals surface area contributed by atoms with Crippen molar-refractivity contribution < 1.29 is 9.53 Å². The number of carbonyl (C=O) groups is 1. The maximum Gasteiger partial charge on any atom is 0.225 e. The summed E-state index contributed by atoms with van der Waals surface area (Å²) in [5.41, 5.74) is 0.0639. The molecule has 1 heterocycles. The van der Waals surface area contributed by atoms with E-state index < -0.39 is 0 Å². The van der Waals surface area contributed by atoms with E-state index in [0.29, 0.717) is 6.54 Å². The minimum Gasteiger partial charge on any atom is -0.379 e. The monoisotopic (exact) mass is 326 g/mol. The number of amides is 1. The first kappa shape index (κ1) is 19.7. The number of nitrogens with one attached hydrogen (secondary N) is 2. The van der Waals surface area contributed by atoms with Crippen LogP contribution in [0, 0.1) is 11.3 Å². The molecule has 1 fully saturated rings. The molecule has 0 radical (unpaired) electrons. The molecular weight excluding hydrogens is 292 g/mol. The minimum absolute atomic E-state index is 0.0560. The van der Waals surface area contributed by atoms with Crippen LogP contribution in [0.25, 0.3) is 0 Å². The SMILES string of the molecule is CN=C(NCC(OC)C(C)(C)C)NC1CCN(C(=O)C(C)C)C1. The number of nitrogens with zero attached hydrogens (tertiary/aromatic N) is 2. The fourth-order valence-electron chi connectivity index (χ4n) is 2.76. The zero-order valence-electron chi connectivity index (χ0n) is 15.8. The third-order valence-electron chi connectivity index (χ3n) is 4.26. The predicted octanol–water partition coefficient (Wildman–Crippen LogP) is 1.47. The zero-order chi connectivity index (χ0) is 17.6. The molecule has 134 valence electrons. The molecule has 0 aliphatic carbocycles. The fraction of sp³-hybridized carbons (Fsp3) is 0.882. The molecule has 0 spiro atoms. The molecule has 2 N–H and O–H groups in total. The van der Waals surface area contributed by atoms with Crippen molar-refractivity contribution in [3.05, 3.63) is 0 Å². The highest BCUT2D eigenvalue weighted by Crippen LogP contribution is 2.21. The second-order valence-electron chi connectivity index (χ2n) is 7.61. The molecule has 0 aromatic rings. The van der Waals surface area contributed by atoms with Crippen LogP contribution in [0.4, 0.5) is 0 Å². The van der Waals surface area contributed by atoms with Crippen molar-refractivity contribution in [1.82, 2.24) is 15.5 Å². The molecule has 0 bridgehead atoms. The molecule has 2 atom stereocenters. The third kappa shape index (κ3) is 6.01. The van der Waals surface area contributed by atoms with Crippen molar-refractivity contribution >= 4 is 11.9 Å². The van der Waals surface area contributed by atoms with Crippen molar-refractivity contribution in [3.8, 4) is 0 Å². The number of aliphatic imine (C=N–C) groups is 1. The summed E-state index contributed by atoms with van der Waals surface area (Å²) in [7, 11) is 3.50. The van der Waals surface area contributed by atoms with E-state index in [1.54, 1.807) is 14.2 Å². The number of ether oxygens (including phenoxy) is 1. The molecule has 1 aliphatic heterocycles. The number of hydrogen-bond donors (Lipinski definition) is 2. The Morgan fingerprint density at radius 2 is 2.04 bits per heavy atom. The maximum atomic E-state index is 12.0. The van der Waals surface area contributed by atoms with Gasteiger partial charge in [0.05, 0.1) is 6.10 Å². The molecule has 1 rings (SSSR count). The standard InChI is InChI=1S/C17H34N4O2/c1-12(2)15(22)21-9-8-13(11-21)20-16(18-6)19-10-14(23-7)17(3,4)5/h12-14H,8-11H2,1-7H3,(H2,18,19,20). The minimum atomic E-state index is 0.0560. The van der Waals surface area contributed by atoms with E-state index in [4.69, 9.17) is 4.74 Å². The summed E-state index contributed by atoms with van der Waals surface area (Å²) in [6.45, 7) is 12.6. The lowest BCUT2D eigenvalue weighted by molar-refractivity contribution is -0.133. The molecule has 1 aliphatic rings. The highest BCUT2D eigenvalue weighted by molar-refractivity contribution is 5.81. The van der Waals surface area contributed by atoms with Gasteiger partial charge in [0.2, 0.25) is 5.91 Å². The van der Waals surface area contributed by atoms with Gasteiger partial charge in [-0.15, -0.1) is 0 Å². The molecule has 1 amide bonds. The highest BCUT2D eigenvalue weighted by atomic mass is 16.5. The van der Waals surface area contributed by atoms with Crippen LogP contribution in [0.2, 0.25) is 0 Å². The van der Waals surface area contributed by atoms with Gasteiger partial charge in [-0.3, -0.25) is 9.79 Å². The lowest BCUT2D eigenvalue weighted by Crippen LogP contribution is -2.49. The van der Waals surface area contributed by atoms with Crippen LogP contribution in [0.1, 0.15) is 41.0 Å². The van der Waals surface area contributed by atoms with Crippen LogP contribution < -0.4 is 10.6 Å². The Morgan fingerprint density at radius 3 is 2.52 bits per heavy atom. The van der Waals surface area contributed by atoms with Gasteiger partial charge in [-0.25, -0.2) is 0 Å². The first-order chi connectivity index (χ1) is 10.7. The van der Waals surface area contributed by atoms with E-state index in [-0.39, 0.29) is 29.4 Å². The van der Waals surface area contributed by atoms with Crippen LogP contribution in [-0.2, 0) is 9.53 Å². The van der Waals surface area contributed by atoms with Gasteiger partial charge in [0.1, 0.15) is 0 Å². The Balaban J connectivity index is 2.48. The average molecular weight is 326 g/mol. The second-order valence-corrected chi connectivity index (χ2v) is 7.61. The van der Waals surface area contributed by atoms with Crippen molar-refractivity contribution in [2.24, 2.45) is 16.3 Å². The number of methoxy groups -OCH3 is 1. The summed E-state index contributed by atoms with van der Waals surface area (Å²) in [6, 6.07) is 0.250. The van der Waals surface area contributed by atoms with Crippen molar-refractivity contribution in [3.63, 3.8) is 0 Å². The van der Waals surface area contributed by atoms with E-state index in [0.717, 1.165) is 25.5 Å². The van der Waals surface area contributed by atoms with Gasteiger partial charge in [-0.2, -0.15) is 0 Å². The van der Waals surface area contributed by atoms with Crippen molar-refractivity contribution in [2.45, 2.75) is 53.2 Å². The molecule has 0 aromatic carbocycles. The molecule has 1 saturated heterocycles. The zero-order valence-corrected chi connectivity index (χ0v) is 15.8. The number of likely N-dealkylation sites (tertiary alicyclic amines) is 1. The highest BCUT2D eigenvalue weighted by Gasteiger charge is 2.28. The smallest absolute Gasteiger partial charge is 0.225 e. The van der Waals surface area contributed by atoms with Gasteiger partial charge in [0.25, 0.3) is 0 Å². The largest absolute Gasteiger partial charge is 0.379 e. The summed E-state index contributed by atoms with van der Waals surface area (Å²) >= 11 is 0. The Hall–Kier alpha value is -1.30. The van der Waals surface area contributed by atoms with Crippen LogP contribution in [0.5, 0.6) is 0 Å². The summed E-state index contributed by atoms with van der Waals surface area (Å²) < 4.78 is 5.56. The van der Waals surface area contributed by atoms with E-state index in [1.165, 1.54) is 0 Å². The molecular formula is C17H34N4O2. The topological polar surface area (TPSA) is 66.0 Å². The molecule has 6 nitrogen and oxygen atoms in total. The summed E-state index contributed by atoms with van der Waals surface area (Å²) in [4.78, 5) is 18.3. The van der Waals surface area contributed by atoms with Gasteiger partial charge < -0.3 is 20.3 Å². The molecule has 23 heavy (non-hydrogen) atoms. The van der Waals surface area contributed by atoms with Gasteiger partial charge >= 0.3 is 0 Å². The van der Waals surface area contributed by atoms with Crippen molar-refractivity contribution in [1.29, 1.82) is 0 Å². The number of guanidine groups is 1.